The summed E-state index contributed by atoms with van der Waals surface area (Å²) < 4.78 is 5.35. The maximum absolute atomic E-state index is 12.6. The van der Waals surface area contributed by atoms with Crippen LogP contribution in [-0.2, 0) is 32.6 Å². The molecule has 27 heavy (non-hydrogen) atoms. The minimum absolute atomic E-state index is 0.282. The van der Waals surface area contributed by atoms with Crippen molar-refractivity contribution in [2.24, 2.45) is 0 Å². The summed E-state index contributed by atoms with van der Waals surface area (Å²) in [5.41, 5.74) is 3.26. The van der Waals surface area contributed by atoms with Crippen molar-refractivity contribution in [3.8, 4) is 0 Å². The Hall–Kier alpha value is -2.33. The molecule has 142 valence electrons. The van der Waals surface area contributed by atoms with E-state index in [-0.39, 0.29) is 18.5 Å². The van der Waals surface area contributed by atoms with Crippen LogP contribution in [0.1, 0.15) is 43.4 Å². The molecule has 0 atom stereocenters. The van der Waals surface area contributed by atoms with Gasteiger partial charge < -0.3 is 10.1 Å². The maximum atomic E-state index is 12.6. The largest absolute Gasteiger partial charge is 0.455 e. The van der Waals surface area contributed by atoms with Gasteiger partial charge in [0.25, 0.3) is 5.91 Å². The molecule has 0 bridgehead atoms. The van der Waals surface area contributed by atoms with Crippen molar-refractivity contribution in [3.05, 3.63) is 64.2 Å². The van der Waals surface area contributed by atoms with Crippen LogP contribution in [0.3, 0.4) is 0 Å². The standard InChI is InChI=1S/C22H24ClNO3/c1-3-15-6-5-7-16(4-2)20(15)24-19(25)14-27-21(26)22(12-13-22)17-8-10-18(23)11-9-17/h5-11H,3-4,12-14H2,1-2H3,(H,24,25). The summed E-state index contributed by atoms with van der Waals surface area (Å²) in [4.78, 5) is 25.0. The van der Waals surface area contributed by atoms with Crippen LogP contribution in [0.4, 0.5) is 5.69 Å². The zero-order valence-electron chi connectivity index (χ0n) is 15.7. The van der Waals surface area contributed by atoms with Crippen LogP contribution in [0.15, 0.2) is 42.5 Å². The smallest absolute Gasteiger partial charge is 0.317 e. The molecule has 1 aliphatic carbocycles. The molecule has 0 radical (unpaired) electrons. The molecule has 1 aliphatic rings. The van der Waals surface area contributed by atoms with E-state index in [1.54, 1.807) is 12.1 Å². The van der Waals surface area contributed by atoms with Gasteiger partial charge in [-0.1, -0.05) is 55.8 Å². The van der Waals surface area contributed by atoms with Crippen LogP contribution in [0.25, 0.3) is 0 Å². The highest BCUT2D eigenvalue weighted by Crippen LogP contribution is 2.49. The molecule has 5 heteroatoms. The number of halogens is 1. The van der Waals surface area contributed by atoms with E-state index in [0.29, 0.717) is 5.02 Å². The number of benzene rings is 2. The van der Waals surface area contributed by atoms with Crippen LogP contribution < -0.4 is 5.32 Å². The quantitative estimate of drug-likeness (QED) is 0.704. The Bertz CT molecular complexity index is 819. The molecule has 3 rings (SSSR count). The van der Waals surface area contributed by atoms with Crippen molar-refractivity contribution in [1.29, 1.82) is 0 Å². The molecule has 0 heterocycles. The second kappa shape index (κ2) is 8.13. The van der Waals surface area contributed by atoms with E-state index in [9.17, 15) is 9.59 Å². The van der Waals surface area contributed by atoms with E-state index >= 15 is 0 Å². The fourth-order valence-corrected chi connectivity index (χ4v) is 3.48. The second-order valence-corrected chi connectivity index (χ2v) is 7.31. The molecule has 0 spiro atoms. The highest BCUT2D eigenvalue weighted by molar-refractivity contribution is 6.30. The number of hydrogen-bond acceptors (Lipinski definition) is 3. The molecule has 2 aromatic rings. The van der Waals surface area contributed by atoms with Gasteiger partial charge in [0, 0.05) is 10.7 Å². The first-order valence-electron chi connectivity index (χ1n) is 9.34. The van der Waals surface area contributed by atoms with Gasteiger partial charge in [-0.3, -0.25) is 9.59 Å². The number of hydrogen-bond donors (Lipinski definition) is 1. The number of para-hydroxylation sites is 1. The molecule has 1 fully saturated rings. The molecule has 4 nitrogen and oxygen atoms in total. The predicted molar refractivity (Wildman–Crippen MR) is 107 cm³/mol. The summed E-state index contributed by atoms with van der Waals surface area (Å²) in [6, 6.07) is 13.2. The average Bonchev–Trinajstić information content (AvgIpc) is 3.48. The molecule has 0 saturated heterocycles. The lowest BCUT2D eigenvalue weighted by atomic mass is 9.96. The van der Waals surface area contributed by atoms with Crippen LogP contribution in [0, 0.1) is 0 Å². The summed E-state index contributed by atoms with van der Waals surface area (Å²) in [5.74, 6) is -0.662. The van der Waals surface area contributed by atoms with Gasteiger partial charge in [-0.2, -0.15) is 0 Å². The summed E-state index contributed by atoms with van der Waals surface area (Å²) in [7, 11) is 0. The Morgan fingerprint density at radius 3 is 2.15 bits per heavy atom. The van der Waals surface area contributed by atoms with Crippen molar-refractivity contribution in [2.45, 2.75) is 44.9 Å². The Morgan fingerprint density at radius 2 is 1.63 bits per heavy atom. The van der Waals surface area contributed by atoms with Gasteiger partial charge in [0.05, 0.1) is 5.41 Å². The first-order valence-corrected chi connectivity index (χ1v) is 9.72. The molecular formula is C22H24ClNO3. The van der Waals surface area contributed by atoms with Crippen molar-refractivity contribution >= 4 is 29.2 Å². The van der Waals surface area contributed by atoms with E-state index in [1.165, 1.54) is 0 Å². The molecule has 2 aromatic carbocycles. The maximum Gasteiger partial charge on any atom is 0.317 e. The highest BCUT2D eigenvalue weighted by Gasteiger charge is 2.52. The number of aryl methyl sites for hydroxylation is 2. The molecule has 1 amide bonds. The van der Waals surface area contributed by atoms with Gasteiger partial charge in [-0.25, -0.2) is 0 Å². The predicted octanol–water partition coefficient (Wildman–Crippen LogP) is 4.68. The Morgan fingerprint density at radius 1 is 1.04 bits per heavy atom. The van der Waals surface area contributed by atoms with E-state index in [2.05, 4.69) is 5.32 Å². The van der Waals surface area contributed by atoms with E-state index < -0.39 is 5.41 Å². The number of esters is 1. The number of anilines is 1. The summed E-state index contributed by atoms with van der Waals surface area (Å²) >= 11 is 5.92. The lowest BCUT2D eigenvalue weighted by Gasteiger charge is -2.17. The minimum atomic E-state index is -0.624. The molecule has 0 aliphatic heterocycles. The van der Waals surface area contributed by atoms with Crippen molar-refractivity contribution in [2.75, 3.05) is 11.9 Å². The SMILES string of the molecule is CCc1cccc(CC)c1NC(=O)COC(=O)C1(c2ccc(Cl)cc2)CC1. The summed E-state index contributed by atoms with van der Waals surface area (Å²) in [6.07, 6.45) is 3.10. The number of carbonyl (C=O) groups excluding carboxylic acids is 2. The van der Waals surface area contributed by atoms with E-state index in [4.69, 9.17) is 16.3 Å². The van der Waals surface area contributed by atoms with Crippen molar-refractivity contribution in [3.63, 3.8) is 0 Å². The lowest BCUT2D eigenvalue weighted by molar-refractivity contribution is -0.150. The third-order valence-corrected chi connectivity index (χ3v) is 5.39. The molecular weight excluding hydrogens is 362 g/mol. The lowest BCUT2D eigenvalue weighted by Crippen LogP contribution is -2.28. The fourth-order valence-electron chi connectivity index (χ4n) is 3.35. The second-order valence-electron chi connectivity index (χ2n) is 6.87. The van der Waals surface area contributed by atoms with Crippen LogP contribution in [0.5, 0.6) is 0 Å². The van der Waals surface area contributed by atoms with E-state index in [1.807, 2.05) is 44.2 Å². The van der Waals surface area contributed by atoms with Crippen LogP contribution >= 0.6 is 11.6 Å². The summed E-state index contributed by atoms with van der Waals surface area (Å²) in [6.45, 7) is 3.82. The number of nitrogens with one attached hydrogen (secondary N) is 1. The first kappa shape index (κ1) is 19.4. The zero-order chi connectivity index (χ0) is 19.4. The van der Waals surface area contributed by atoms with Gasteiger partial charge in [0.15, 0.2) is 6.61 Å². The number of amides is 1. The third-order valence-electron chi connectivity index (χ3n) is 5.14. The minimum Gasteiger partial charge on any atom is -0.455 e. The summed E-state index contributed by atoms with van der Waals surface area (Å²) in [5, 5.41) is 3.55. The van der Waals surface area contributed by atoms with Gasteiger partial charge in [-0.05, 0) is 54.5 Å². The van der Waals surface area contributed by atoms with Crippen molar-refractivity contribution < 1.29 is 14.3 Å². The number of ether oxygens (including phenoxy) is 1. The van der Waals surface area contributed by atoms with Gasteiger partial charge in [0.1, 0.15) is 0 Å². The normalized spacial score (nSPS) is 14.5. The van der Waals surface area contributed by atoms with Crippen molar-refractivity contribution in [1.82, 2.24) is 0 Å². The first-order chi connectivity index (χ1) is 13.0. The molecule has 0 unspecified atom stereocenters. The number of rotatable bonds is 7. The van der Waals surface area contributed by atoms with Crippen LogP contribution in [-0.4, -0.2) is 18.5 Å². The van der Waals surface area contributed by atoms with Crippen LogP contribution in [0.2, 0.25) is 5.02 Å². The molecule has 1 N–H and O–H groups in total. The Labute approximate surface area is 164 Å². The topological polar surface area (TPSA) is 55.4 Å². The average molecular weight is 386 g/mol. The van der Waals surface area contributed by atoms with Gasteiger partial charge in [0.2, 0.25) is 0 Å². The fraction of sp³-hybridized carbons (Fsp3) is 0.364. The Kier molecular flexibility index (Phi) is 5.85. The third kappa shape index (κ3) is 4.16. The molecule has 0 aromatic heterocycles. The monoisotopic (exact) mass is 385 g/mol. The zero-order valence-corrected chi connectivity index (χ0v) is 16.4. The highest BCUT2D eigenvalue weighted by atomic mass is 35.5. The number of carbonyl (C=O) groups is 2. The molecule has 1 saturated carbocycles. The Balaban J connectivity index is 1.63. The van der Waals surface area contributed by atoms with Gasteiger partial charge in [-0.15, -0.1) is 0 Å². The van der Waals surface area contributed by atoms with E-state index in [0.717, 1.165) is 48.1 Å². The van der Waals surface area contributed by atoms with Gasteiger partial charge >= 0.3 is 5.97 Å².